The molecule has 2 amide bonds. The molecule has 0 saturated heterocycles. The fourth-order valence-corrected chi connectivity index (χ4v) is 3.81. The molecule has 3 N–H and O–H groups in total. The summed E-state index contributed by atoms with van der Waals surface area (Å²) in [6, 6.07) is 14.0. The van der Waals surface area contributed by atoms with Crippen LogP contribution in [-0.4, -0.2) is 17.1 Å². The molecule has 0 radical (unpaired) electrons. The molecule has 1 aromatic heterocycles. The second kappa shape index (κ2) is 7.04. The highest BCUT2D eigenvalue weighted by Crippen LogP contribution is 2.29. The minimum Gasteiger partial charge on any atom is -0.358 e. The third-order valence-corrected chi connectivity index (χ3v) is 5.30. The average molecular weight is 368 g/mol. The van der Waals surface area contributed by atoms with Crippen molar-refractivity contribution >= 4 is 28.5 Å². The van der Waals surface area contributed by atoms with Gasteiger partial charge in [0.15, 0.2) is 0 Å². The first-order valence-corrected chi connectivity index (χ1v) is 9.35. The predicted molar refractivity (Wildman–Crippen MR) is 106 cm³/mol. The molecule has 4 rings (SSSR count). The molecule has 0 bridgehead atoms. The molecular weight excluding hydrogens is 346 g/mol. The average Bonchev–Trinajstić information content (AvgIpc) is 2.98. The van der Waals surface area contributed by atoms with Crippen molar-refractivity contribution < 1.29 is 4.79 Å². The van der Waals surface area contributed by atoms with E-state index in [4.69, 9.17) is 11.6 Å². The van der Waals surface area contributed by atoms with E-state index in [0.717, 1.165) is 24.8 Å². The SMILES string of the molecule is Cc1ccc2[nH]c3c(c2c1)CCC(NC(=O)NCc1ccc(Cl)cc1)C3. The number of hydrogen-bond acceptors (Lipinski definition) is 1. The van der Waals surface area contributed by atoms with Crippen molar-refractivity contribution in [1.82, 2.24) is 15.6 Å². The van der Waals surface area contributed by atoms with Crippen LogP contribution in [0.1, 0.15) is 28.8 Å². The number of amides is 2. The summed E-state index contributed by atoms with van der Waals surface area (Å²) in [6.45, 7) is 2.61. The maximum absolute atomic E-state index is 12.2. The molecule has 1 unspecified atom stereocenters. The lowest BCUT2D eigenvalue weighted by Crippen LogP contribution is -2.44. The van der Waals surface area contributed by atoms with Crippen LogP contribution < -0.4 is 10.6 Å². The van der Waals surface area contributed by atoms with Crippen LogP contribution in [0.15, 0.2) is 42.5 Å². The molecule has 0 aliphatic heterocycles. The summed E-state index contributed by atoms with van der Waals surface area (Å²) in [6.07, 6.45) is 2.79. The van der Waals surface area contributed by atoms with Crippen LogP contribution in [-0.2, 0) is 19.4 Å². The van der Waals surface area contributed by atoms with Gasteiger partial charge in [0.05, 0.1) is 0 Å². The maximum atomic E-state index is 12.2. The van der Waals surface area contributed by atoms with Crippen LogP contribution in [0.3, 0.4) is 0 Å². The summed E-state index contributed by atoms with van der Waals surface area (Å²) >= 11 is 5.88. The number of H-pyrrole nitrogens is 1. The summed E-state index contributed by atoms with van der Waals surface area (Å²) < 4.78 is 0. The molecule has 1 atom stereocenters. The van der Waals surface area contributed by atoms with Crippen molar-refractivity contribution in [2.45, 2.75) is 38.8 Å². The Hall–Kier alpha value is -2.46. The third-order valence-electron chi connectivity index (χ3n) is 5.04. The molecule has 4 nitrogen and oxygen atoms in total. The number of hydrogen-bond donors (Lipinski definition) is 3. The normalized spacial score (nSPS) is 16.3. The number of aryl methyl sites for hydroxylation is 2. The fraction of sp³-hybridized carbons (Fsp3) is 0.286. The Bertz CT molecular complexity index is 946. The van der Waals surface area contributed by atoms with E-state index in [-0.39, 0.29) is 12.1 Å². The first kappa shape index (κ1) is 17.0. The lowest BCUT2D eigenvalue weighted by atomic mass is 9.91. The number of aromatic amines is 1. The Morgan fingerprint density at radius 3 is 2.85 bits per heavy atom. The van der Waals surface area contributed by atoms with Crippen LogP contribution >= 0.6 is 11.6 Å². The van der Waals surface area contributed by atoms with Crippen molar-refractivity contribution in [1.29, 1.82) is 0 Å². The highest BCUT2D eigenvalue weighted by molar-refractivity contribution is 6.30. The van der Waals surface area contributed by atoms with Gasteiger partial charge in [-0.2, -0.15) is 0 Å². The molecule has 1 heterocycles. The lowest BCUT2D eigenvalue weighted by molar-refractivity contribution is 0.235. The molecule has 0 spiro atoms. The zero-order chi connectivity index (χ0) is 18.1. The Balaban J connectivity index is 1.37. The summed E-state index contributed by atoms with van der Waals surface area (Å²) in [5.41, 5.74) is 6.15. The van der Waals surface area contributed by atoms with Crippen molar-refractivity contribution in [2.24, 2.45) is 0 Å². The molecule has 2 aromatic carbocycles. The summed E-state index contributed by atoms with van der Waals surface area (Å²) in [5, 5.41) is 8.04. The number of aromatic nitrogens is 1. The van der Waals surface area contributed by atoms with E-state index in [1.807, 2.05) is 24.3 Å². The molecule has 5 heteroatoms. The zero-order valence-electron chi connectivity index (χ0n) is 14.7. The number of benzene rings is 2. The smallest absolute Gasteiger partial charge is 0.315 e. The summed E-state index contributed by atoms with van der Waals surface area (Å²) in [5.74, 6) is 0. The zero-order valence-corrected chi connectivity index (χ0v) is 15.5. The molecule has 1 aliphatic rings. The Labute approximate surface area is 157 Å². The van der Waals surface area contributed by atoms with Gasteiger partial charge in [0.1, 0.15) is 0 Å². The van der Waals surface area contributed by atoms with E-state index >= 15 is 0 Å². The number of nitrogens with one attached hydrogen (secondary N) is 3. The number of urea groups is 1. The van der Waals surface area contributed by atoms with Gasteiger partial charge in [-0.05, 0) is 55.2 Å². The van der Waals surface area contributed by atoms with Gasteiger partial charge in [-0.25, -0.2) is 4.79 Å². The van der Waals surface area contributed by atoms with Gasteiger partial charge >= 0.3 is 6.03 Å². The predicted octanol–water partition coefficient (Wildman–Crippen LogP) is 4.49. The standard InChI is InChI=1S/C21H22ClN3O/c1-13-2-9-19-18(10-13)17-8-7-16(11-20(17)25-19)24-21(26)23-12-14-3-5-15(22)6-4-14/h2-6,9-10,16,25H,7-8,11-12H2,1H3,(H2,23,24,26). The number of halogens is 1. The number of fused-ring (bicyclic) bond motifs is 3. The Kier molecular flexibility index (Phi) is 4.60. The maximum Gasteiger partial charge on any atom is 0.315 e. The van der Waals surface area contributed by atoms with E-state index in [2.05, 4.69) is 40.7 Å². The minimum absolute atomic E-state index is 0.125. The number of carbonyl (C=O) groups excluding carboxylic acids is 1. The van der Waals surface area contributed by atoms with Gasteiger partial charge in [-0.15, -0.1) is 0 Å². The molecule has 26 heavy (non-hydrogen) atoms. The second-order valence-corrected chi connectivity index (χ2v) is 7.46. The Morgan fingerprint density at radius 1 is 1.23 bits per heavy atom. The van der Waals surface area contributed by atoms with E-state index < -0.39 is 0 Å². The van der Waals surface area contributed by atoms with Gasteiger partial charge in [0.2, 0.25) is 0 Å². The van der Waals surface area contributed by atoms with Crippen molar-refractivity contribution in [3.63, 3.8) is 0 Å². The molecular formula is C21H22ClN3O. The summed E-state index contributed by atoms with van der Waals surface area (Å²) in [7, 11) is 0. The molecule has 134 valence electrons. The Morgan fingerprint density at radius 2 is 2.04 bits per heavy atom. The highest BCUT2D eigenvalue weighted by Gasteiger charge is 2.23. The minimum atomic E-state index is -0.125. The van der Waals surface area contributed by atoms with Gasteiger partial charge < -0.3 is 15.6 Å². The van der Waals surface area contributed by atoms with Crippen LogP contribution in [0, 0.1) is 6.92 Å². The van der Waals surface area contributed by atoms with Crippen LogP contribution in [0.25, 0.3) is 10.9 Å². The highest BCUT2D eigenvalue weighted by atomic mass is 35.5. The van der Waals surface area contributed by atoms with Crippen LogP contribution in [0.2, 0.25) is 5.02 Å². The lowest BCUT2D eigenvalue weighted by Gasteiger charge is -2.23. The van der Waals surface area contributed by atoms with E-state index in [0.29, 0.717) is 11.6 Å². The first-order chi connectivity index (χ1) is 12.6. The van der Waals surface area contributed by atoms with Crippen molar-refractivity contribution in [3.8, 4) is 0 Å². The number of carbonyl (C=O) groups is 1. The van der Waals surface area contributed by atoms with Crippen LogP contribution in [0.4, 0.5) is 4.79 Å². The van der Waals surface area contributed by atoms with Gasteiger partial charge in [0.25, 0.3) is 0 Å². The molecule has 3 aromatic rings. The fourth-order valence-electron chi connectivity index (χ4n) is 3.69. The quantitative estimate of drug-likeness (QED) is 0.627. The largest absolute Gasteiger partial charge is 0.358 e. The van der Waals surface area contributed by atoms with Crippen LogP contribution in [0.5, 0.6) is 0 Å². The monoisotopic (exact) mass is 367 g/mol. The topological polar surface area (TPSA) is 56.9 Å². The second-order valence-electron chi connectivity index (χ2n) is 7.02. The van der Waals surface area contributed by atoms with Gasteiger partial charge in [-0.1, -0.05) is 35.4 Å². The van der Waals surface area contributed by atoms with Crippen molar-refractivity contribution in [3.05, 3.63) is 69.9 Å². The van der Waals surface area contributed by atoms with Crippen molar-refractivity contribution in [2.75, 3.05) is 0 Å². The summed E-state index contributed by atoms with van der Waals surface area (Å²) in [4.78, 5) is 15.7. The molecule has 0 saturated carbocycles. The third kappa shape index (κ3) is 3.56. The van der Waals surface area contributed by atoms with E-state index in [1.54, 1.807) is 0 Å². The van der Waals surface area contributed by atoms with E-state index in [9.17, 15) is 4.79 Å². The van der Waals surface area contributed by atoms with E-state index in [1.165, 1.54) is 27.7 Å². The van der Waals surface area contributed by atoms with Gasteiger partial charge in [-0.3, -0.25) is 0 Å². The molecule has 1 aliphatic carbocycles. The number of rotatable bonds is 3. The van der Waals surface area contributed by atoms with Gasteiger partial charge in [0, 0.05) is 40.6 Å². The first-order valence-electron chi connectivity index (χ1n) is 8.97. The molecule has 0 fully saturated rings.